The highest BCUT2D eigenvalue weighted by Gasteiger charge is 2.21. The minimum absolute atomic E-state index is 0.136. The van der Waals surface area contributed by atoms with Gasteiger partial charge in [0.25, 0.3) is 0 Å². The van der Waals surface area contributed by atoms with E-state index < -0.39 is 11.6 Å². The fourth-order valence-electron chi connectivity index (χ4n) is 4.12. The topological polar surface area (TPSA) is 66.9 Å². The number of rotatable bonds is 8. The monoisotopic (exact) mass is 475 g/mol. The normalized spacial score (nSPS) is 14.8. The Kier molecular flexibility index (Phi) is 7.42. The summed E-state index contributed by atoms with van der Waals surface area (Å²) in [6.45, 7) is 6.23. The number of hydrogen-bond acceptors (Lipinski definition) is 5. The fraction of sp³-hybridized carbons (Fsp3) is 0.458. The maximum absolute atomic E-state index is 14.6. The zero-order valence-corrected chi connectivity index (χ0v) is 19.6. The number of nitrogens with one attached hydrogen (secondary N) is 1. The van der Waals surface area contributed by atoms with Crippen LogP contribution in [-0.2, 0) is 0 Å². The third kappa shape index (κ3) is 5.79. The average molecular weight is 476 g/mol. The van der Waals surface area contributed by atoms with Gasteiger partial charge in [-0.15, -0.1) is 0 Å². The molecule has 1 saturated heterocycles. The van der Waals surface area contributed by atoms with Gasteiger partial charge in [-0.3, -0.25) is 5.10 Å². The molecule has 3 aromatic rings. The molecule has 9 heteroatoms. The minimum atomic E-state index is -0.676. The Hall–Kier alpha value is -2.74. The number of aromatic nitrogens is 4. The van der Waals surface area contributed by atoms with Crippen molar-refractivity contribution in [2.24, 2.45) is 5.92 Å². The van der Waals surface area contributed by atoms with E-state index in [9.17, 15) is 8.78 Å². The standard InChI is InChI=1S/C24H28ClF2N5O/c1-15(2)20-12-21(31-30-20)24-18(26)10-17(11-19(24)27)33-9-3-4-16-5-7-32(8-6-16)23-14-28-22(25)13-29-23/h10-16H,3-9H2,1-2H3,(H,30,31). The van der Waals surface area contributed by atoms with Gasteiger partial charge in [0.05, 0.1) is 30.3 Å². The molecule has 0 spiro atoms. The second kappa shape index (κ2) is 10.5. The molecule has 0 bridgehead atoms. The van der Waals surface area contributed by atoms with Crippen LogP contribution in [0.2, 0.25) is 5.15 Å². The highest BCUT2D eigenvalue weighted by Crippen LogP contribution is 2.30. The van der Waals surface area contributed by atoms with Gasteiger partial charge in [-0.1, -0.05) is 25.4 Å². The third-order valence-electron chi connectivity index (χ3n) is 6.06. The number of anilines is 1. The molecule has 0 saturated carbocycles. The first-order chi connectivity index (χ1) is 15.9. The van der Waals surface area contributed by atoms with Gasteiger partial charge in [-0.2, -0.15) is 5.10 Å². The van der Waals surface area contributed by atoms with Crippen LogP contribution in [-0.4, -0.2) is 39.9 Å². The summed E-state index contributed by atoms with van der Waals surface area (Å²) in [6.07, 6.45) is 7.22. The van der Waals surface area contributed by atoms with Crippen molar-refractivity contribution in [1.82, 2.24) is 20.2 Å². The number of hydrogen-bond donors (Lipinski definition) is 1. The number of nitrogens with zero attached hydrogens (tertiary/aromatic N) is 4. The molecule has 2 aromatic heterocycles. The van der Waals surface area contributed by atoms with Crippen molar-refractivity contribution in [1.29, 1.82) is 0 Å². The van der Waals surface area contributed by atoms with Gasteiger partial charge in [0, 0.05) is 30.9 Å². The molecule has 3 heterocycles. The molecule has 1 aliphatic heterocycles. The Morgan fingerprint density at radius 3 is 2.45 bits per heavy atom. The van der Waals surface area contributed by atoms with Crippen molar-refractivity contribution in [3.05, 3.63) is 53.1 Å². The van der Waals surface area contributed by atoms with E-state index in [-0.39, 0.29) is 22.9 Å². The Labute approximate surface area is 197 Å². The van der Waals surface area contributed by atoms with Crippen molar-refractivity contribution in [2.75, 3.05) is 24.6 Å². The van der Waals surface area contributed by atoms with Gasteiger partial charge in [0.15, 0.2) is 0 Å². The van der Waals surface area contributed by atoms with Crippen LogP contribution in [0.25, 0.3) is 11.3 Å². The van der Waals surface area contributed by atoms with Crippen LogP contribution in [0.3, 0.4) is 0 Å². The lowest BCUT2D eigenvalue weighted by Crippen LogP contribution is -2.34. The SMILES string of the molecule is CC(C)c1cc(-c2c(F)cc(OCCCC3CCN(c4cnc(Cl)cn4)CC3)cc2F)n[nH]1. The Bertz CT molecular complexity index is 1040. The zero-order chi connectivity index (χ0) is 23.4. The molecule has 0 atom stereocenters. The lowest BCUT2D eigenvalue weighted by atomic mass is 9.92. The molecular formula is C24H28ClF2N5O. The Morgan fingerprint density at radius 1 is 1.12 bits per heavy atom. The van der Waals surface area contributed by atoms with Crippen LogP contribution in [0.1, 0.15) is 51.1 Å². The third-order valence-corrected chi connectivity index (χ3v) is 6.26. The van der Waals surface area contributed by atoms with Crippen molar-refractivity contribution >= 4 is 17.4 Å². The first kappa shape index (κ1) is 23.4. The van der Waals surface area contributed by atoms with Crippen molar-refractivity contribution < 1.29 is 13.5 Å². The minimum Gasteiger partial charge on any atom is -0.493 e. The van der Waals surface area contributed by atoms with Crippen LogP contribution in [0.15, 0.2) is 30.6 Å². The summed E-state index contributed by atoms with van der Waals surface area (Å²) in [7, 11) is 0. The van der Waals surface area contributed by atoms with Crippen molar-refractivity contribution in [3.8, 4) is 17.0 Å². The predicted octanol–water partition coefficient (Wildman–Crippen LogP) is 6.00. The molecule has 0 radical (unpaired) electrons. The number of H-pyrrole nitrogens is 1. The quantitative estimate of drug-likeness (QED) is 0.405. The van der Waals surface area contributed by atoms with E-state index in [0.29, 0.717) is 17.7 Å². The molecule has 176 valence electrons. The number of aromatic amines is 1. The largest absolute Gasteiger partial charge is 0.493 e. The van der Waals surface area contributed by atoms with Crippen molar-refractivity contribution in [3.63, 3.8) is 0 Å². The lowest BCUT2D eigenvalue weighted by Gasteiger charge is -2.32. The van der Waals surface area contributed by atoms with E-state index in [1.165, 1.54) is 12.1 Å². The number of piperidine rings is 1. The molecule has 4 rings (SSSR count). The van der Waals surface area contributed by atoms with E-state index in [1.54, 1.807) is 18.5 Å². The van der Waals surface area contributed by atoms with E-state index in [2.05, 4.69) is 25.1 Å². The van der Waals surface area contributed by atoms with Gasteiger partial charge in [0.1, 0.15) is 28.4 Å². The van der Waals surface area contributed by atoms with Crippen LogP contribution in [0.5, 0.6) is 5.75 Å². The van der Waals surface area contributed by atoms with Gasteiger partial charge < -0.3 is 9.64 Å². The Morgan fingerprint density at radius 2 is 1.85 bits per heavy atom. The summed E-state index contributed by atoms with van der Waals surface area (Å²) in [5.41, 5.74) is 0.954. The maximum Gasteiger partial charge on any atom is 0.147 e. The first-order valence-corrected chi connectivity index (χ1v) is 11.7. The summed E-state index contributed by atoms with van der Waals surface area (Å²) in [5, 5.41) is 7.28. The highest BCUT2D eigenvalue weighted by molar-refractivity contribution is 6.29. The first-order valence-electron chi connectivity index (χ1n) is 11.3. The number of halogens is 3. The lowest BCUT2D eigenvalue weighted by molar-refractivity contribution is 0.277. The molecule has 1 fully saturated rings. The molecule has 1 aromatic carbocycles. The van der Waals surface area contributed by atoms with Gasteiger partial charge in [-0.25, -0.2) is 18.7 Å². The molecule has 0 amide bonds. The summed E-state index contributed by atoms with van der Waals surface area (Å²) in [4.78, 5) is 10.6. The number of ether oxygens (including phenoxy) is 1. The second-order valence-corrected chi connectivity index (χ2v) is 9.13. The average Bonchev–Trinajstić information content (AvgIpc) is 3.27. The Balaban J connectivity index is 1.24. The summed E-state index contributed by atoms with van der Waals surface area (Å²) in [5.74, 6) is 0.483. The van der Waals surface area contributed by atoms with Gasteiger partial charge in [-0.05, 0) is 43.6 Å². The molecule has 0 aliphatic carbocycles. The van der Waals surface area contributed by atoms with E-state index in [0.717, 1.165) is 50.3 Å². The number of benzene rings is 1. The van der Waals surface area contributed by atoms with Crippen molar-refractivity contribution in [2.45, 2.75) is 45.4 Å². The molecule has 6 nitrogen and oxygen atoms in total. The van der Waals surface area contributed by atoms with Crippen LogP contribution in [0, 0.1) is 17.6 Å². The molecule has 0 unspecified atom stereocenters. The predicted molar refractivity (Wildman–Crippen MR) is 125 cm³/mol. The van der Waals surface area contributed by atoms with Crippen LogP contribution in [0.4, 0.5) is 14.6 Å². The van der Waals surface area contributed by atoms with E-state index in [4.69, 9.17) is 16.3 Å². The summed E-state index contributed by atoms with van der Waals surface area (Å²) >= 11 is 5.80. The van der Waals surface area contributed by atoms with E-state index >= 15 is 0 Å². The van der Waals surface area contributed by atoms with Gasteiger partial charge in [0.2, 0.25) is 0 Å². The smallest absolute Gasteiger partial charge is 0.147 e. The molecule has 1 aliphatic rings. The van der Waals surface area contributed by atoms with Crippen LogP contribution < -0.4 is 9.64 Å². The summed E-state index contributed by atoms with van der Waals surface area (Å²) < 4.78 is 34.9. The van der Waals surface area contributed by atoms with Crippen LogP contribution >= 0.6 is 11.6 Å². The molecule has 1 N–H and O–H groups in total. The fourth-order valence-corrected chi connectivity index (χ4v) is 4.22. The zero-order valence-electron chi connectivity index (χ0n) is 18.8. The summed E-state index contributed by atoms with van der Waals surface area (Å²) in [6, 6.07) is 4.14. The van der Waals surface area contributed by atoms with E-state index in [1.807, 2.05) is 13.8 Å². The highest BCUT2D eigenvalue weighted by atomic mass is 35.5. The molecular weight excluding hydrogens is 448 g/mol. The molecule has 33 heavy (non-hydrogen) atoms. The maximum atomic E-state index is 14.6. The van der Waals surface area contributed by atoms with Gasteiger partial charge >= 0.3 is 0 Å². The second-order valence-electron chi connectivity index (χ2n) is 8.74.